The predicted molar refractivity (Wildman–Crippen MR) is 70.3 cm³/mol. The fourth-order valence-corrected chi connectivity index (χ4v) is 1.47. The van der Waals surface area contributed by atoms with E-state index >= 15 is 0 Å². The highest BCUT2D eigenvalue weighted by Gasteiger charge is 2.04. The second-order valence-electron chi connectivity index (χ2n) is 3.36. The van der Waals surface area contributed by atoms with Crippen LogP contribution in [0.4, 0.5) is 17.2 Å². The summed E-state index contributed by atoms with van der Waals surface area (Å²) >= 11 is 5.68. The topological polar surface area (TPSA) is 82.1 Å². The Labute approximate surface area is 109 Å². The van der Waals surface area contributed by atoms with E-state index in [2.05, 4.69) is 15.3 Å². The molecule has 18 heavy (non-hydrogen) atoms. The Morgan fingerprint density at radius 3 is 2.61 bits per heavy atom. The minimum atomic E-state index is 0.0602. The molecule has 1 aromatic carbocycles. The Morgan fingerprint density at radius 1 is 1.28 bits per heavy atom. The Hall–Kier alpha value is -2.05. The van der Waals surface area contributed by atoms with Crippen LogP contribution in [0.2, 0.25) is 5.28 Å². The number of rotatable bonds is 4. The fraction of sp³-hybridized carbons (Fsp3) is 0.0909. The van der Waals surface area contributed by atoms with E-state index in [0.29, 0.717) is 5.82 Å². The number of nitrogens with zero attached hydrogens (tertiary/aromatic N) is 2. The van der Waals surface area contributed by atoms with Crippen LogP contribution in [0.15, 0.2) is 30.5 Å². The van der Waals surface area contributed by atoms with E-state index in [9.17, 15) is 5.21 Å². The van der Waals surface area contributed by atoms with Crippen LogP contribution in [0.25, 0.3) is 0 Å². The third-order valence-electron chi connectivity index (χ3n) is 2.22. The lowest BCUT2D eigenvalue weighted by atomic mass is 10.3. The van der Waals surface area contributed by atoms with E-state index in [1.807, 2.05) is 0 Å². The molecule has 0 atom stereocenters. The van der Waals surface area contributed by atoms with Crippen LogP contribution in [0.3, 0.4) is 0 Å². The van der Waals surface area contributed by atoms with Gasteiger partial charge in [-0.3, -0.25) is 0 Å². The van der Waals surface area contributed by atoms with Crippen molar-refractivity contribution in [2.75, 3.05) is 17.9 Å². The van der Waals surface area contributed by atoms with Gasteiger partial charge in [-0.05, 0) is 35.9 Å². The zero-order valence-electron chi connectivity index (χ0n) is 9.48. The van der Waals surface area contributed by atoms with Crippen LogP contribution in [-0.2, 0) is 0 Å². The predicted octanol–water partition coefficient (Wildman–Crippen LogP) is 2.79. The van der Waals surface area contributed by atoms with Crippen molar-refractivity contribution in [3.8, 4) is 5.75 Å². The molecule has 0 aliphatic heterocycles. The van der Waals surface area contributed by atoms with Gasteiger partial charge in [-0.1, -0.05) is 0 Å². The maximum Gasteiger partial charge on any atom is 0.224 e. The molecule has 7 heteroatoms. The summed E-state index contributed by atoms with van der Waals surface area (Å²) in [5, 5.41) is 13.7. The number of aromatic nitrogens is 2. The SMILES string of the molecule is COc1ccc(Nc2nc(Cl)ncc2N[O-])cc1. The number of hydrogen-bond donors (Lipinski definition) is 2. The van der Waals surface area contributed by atoms with E-state index < -0.39 is 0 Å². The van der Waals surface area contributed by atoms with Gasteiger partial charge in [0.15, 0.2) is 5.82 Å². The standard InChI is InChI=1S/C11H10ClN4O2/c1-18-8-4-2-7(3-5-8)14-10-9(16-17)6-13-11(12)15-10/h2-6,16H,1H3,(H,13,14,15)/q-1. The lowest BCUT2D eigenvalue weighted by Gasteiger charge is -2.14. The molecule has 6 nitrogen and oxygen atoms in total. The average molecular weight is 266 g/mol. The summed E-state index contributed by atoms with van der Waals surface area (Å²) in [6.07, 6.45) is 1.31. The number of methoxy groups -OCH3 is 1. The monoisotopic (exact) mass is 265 g/mol. The zero-order chi connectivity index (χ0) is 13.0. The molecule has 0 aliphatic rings. The summed E-state index contributed by atoms with van der Waals surface area (Å²) in [6.45, 7) is 0. The Morgan fingerprint density at radius 2 is 2.00 bits per heavy atom. The number of halogens is 1. The van der Waals surface area contributed by atoms with Crippen LogP contribution in [-0.4, -0.2) is 17.1 Å². The molecule has 2 N–H and O–H groups in total. The van der Waals surface area contributed by atoms with Gasteiger partial charge in [-0.15, -0.1) is 0 Å². The highest BCUT2D eigenvalue weighted by molar-refractivity contribution is 6.28. The first-order valence-electron chi connectivity index (χ1n) is 5.04. The number of anilines is 3. The molecule has 1 heterocycles. The van der Waals surface area contributed by atoms with E-state index in [1.165, 1.54) is 6.20 Å². The Bertz CT molecular complexity index is 533. The lowest BCUT2D eigenvalue weighted by molar-refractivity contribution is 0.415. The van der Waals surface area contributed by atoms with Crippen molar-refractivity contribution in [2.24, 2.45) is 0 Å². The molecule has 0 unspecified atom stereocenters. The summed E-state index contributed by atoms with van der Waals surface area (Å²) in [4.78, 5) is 7.64. The van der Waals surface area contributed by atoms with Crippen molar-refractivity contribution in [3.05, 3.63) is 41.0 Å². The van der Waals surface area contributed by atoms with Gasteiger partial charge in [-0.25, -0.2) is 4.98 Å². The van der Waals surface area contributed by atoms with Gasteiger partial charge in [0.2, 0.25) is 5.28 Å². The molecule has 2 aromatic rings. The normalized spacial score (nSPS) is 9.94. The molecule has 0 saturated heterocycles. The van der Waals surface area contributed by atoms with Crippen molar-refractivity contribution in [3.63, 3.8) is 0 Å². The molecule has 0 spiro atoms. The maximum absolute atomic E-state index is 10.7. The summed E-state index contributed by atoms with van der Waals surface area (Å²) < 4.78 is 5.05. The first-order valence-corrected chi connectivity index (χ1v) is 5.42. The smallest absolute Gasteiger partial charge is 0.224 e. The molecule has 0 aliphatic carbocycles. The summed E-state index contributed by atoms with van der Waals surface area (Å²) in [5.74, 6) is 1.05. The molecular formula is C11H10ClN4O2-. The summed E-state index contributed by atoms with van der Waals surface area (Å²) in [6, 6.07) is 7.16. The second kappa shape index (κ2) is 5.52. The molecule has 0 amide bonds. The fourth-order valence-electron chi connectivity index (χ4n) is 1.34. The number of hydrogen-bond acceptors (Lipinski definition) is 6. The van der Waals surface area contributed by atoms with Gasteiger partial charge < -0.3 is 20.7 Å². The van der Waals surface area contributed by atoms with E-state index in [0.717, 1.165) is 11.4 Å². The molecule has 0 bridgehead atoms. The third-order valence-corrected chi connectivity index (χ3v) is 2.40. The van der Waals surface area contributed by atoms with E-state index in [-0.39, 0.29) is 11.0 Å². The van der Waals surface area contributed by atoms with Crippen molar-refractivity contribution in [2.45, 2.75) is 0 Å². The van der Waals surface area contributed by atoms with Crippen LogP contribution < -0.4 is 15.5 Å². The Balaban J connectivity index is 2.24. The average Bonchev–Trinajstić information content (AvgIpc) is 2.40. The number of ether oxygens (including phenoxy) is 1. The van der Waals surface area contributed by atoms with Gasteiger partial charge in [0.25, 0.3) is 0 Å². The lowest BCUT2D eigenvalue weighted by Crippen LogP contribution is -2.00. The summed E-state index contributed by atoms with van der Waals surface area (Å²) in [5.41, 5.74) is 2.71. The van der Waals surface area contributed by atoms with Gasteiger partial charge in [0.05, 0.1) is 19.0 Å². The minimum absolute atomic E-state index is 0.0602. The molecule has 0 fully saturated rings. The number of nitrogens with one attached hydrogen (secondary N) is 2. The van der Waals surface area contributed by atoms with Gasteiger partial charge in [0, 0.05) is 5.69 Å². The molecule has 0 radical (unpaired) electrons. The molecular weight excluding hydrogens is 256 g/mol. The van der Waals surface area contributed by atoms with Crippen LogP contribution >= 0.6 is 11.6 Å². The third kappa shape index (κ3) is 2.79. The van der Waals surface area contributed by atoms with Gasteiger partial charge in [-0.2, -0.15) is 4.98 Å². The van der Waals surface area contributed by atoms with Crippen molar-refractivity contribution in [1.29, 1.82) is 0 Å². The minimum Gasteiger partial charge on any atom is -0.761 e. The van der Waals surface area contributed by atoms with Crippen LogP contribution in [0, 0.1) is 5.21 Å². The highest BCUT2D eigenvalue weighted by atomic mass is 35.5. The summed E-state index contributed by atoms with van der Waals surface area (Å²) in [7, 11) is 1.59. The maximum atomic E-state index is 10.7. The Kier molecular flexibility index (Phi) is 3.81. The first kappa shape index (κ1) is 12.4. The molecule has 1 aromatic heterocycles. The van der Waals surface area contributed by atoms with E-state index in [4.69, 9.17) is 16.3 Å². The molecule has 0 saturated carbocycles. The number of benzene rings is 1. The van der Waals surface area contributed by atoms with Gasteiger partial charge in [0.1, 0.15) is 5.75 Å². The van der Waals surface area contributed by atoms with Gasteiger partial charge >= 0.3 is 0 Å². The molecule has 94 valence electrons. The zero-order valence-corrected chi connectivity index (χ0v) is 10.2. The van der Waals surface area contributed by atoms with Crippen molar-refractivity contribution >= 4 is 28.8 Å². The first-order chi connectivity index (χ1) is 8.72. The molecule has 2 rings (SSSR count). The van der Waals surface area contributed by atoms with E-state index in [1.54, 1.807) is 36.9 Å². The largest absolute Gasteiger partial charge is 0.761 e. The van der Waals surface area contributed by atoms with Crippen molar-refractivity contribution < 1.29 is 4.74 Å². The highest BCUT2D eigenvalue weighted by Crippen LogP contribution is 2.24. The van der Waals surface area contributed by atoms with Crippen molar-refractivity contribution in [1.82, 2.24) is 9.97 Å². The van der Waals surface area contributed by atoms with Crippen LogP contribution in [0.1, 0.15) is 0 Å². The second-order valence-corrected chi connectivity index (χ2v) is 3.69. The quantitative estimate of drug-likeness (QED) is 0.653. The van der Waals surface area contributed by atoms with Crippen LogP contribution in [0.5, 0.6) is 5.75 Å².